The van der Waals surface area contributed by atoms with Crippen LogP contribution in [0.4, 0.5) is 4.79 Å². The molecule has 0 heterocycles. The Kier molecular flexibility index (Phi) is 6.79. The fourth-order valence-corrected chi connectivity index (χ4v) is 2.35. The number of benzene rings is 1. The zero-order chi connectivity index (χ0) is 16.8. The zero-order valence-corrected chi connectivity index (χ0v) is 13.9. The number of likely N-dealkylation sites (N-methyl/N-ethyl adjacent to an activating group) is 1. The van der Waals surface area contributed by atoms with E-state index in [0.29, 0.717) is 19.6 Å². The summed E-state index contributed by atoms with van der Waals surface area (Å²) in [6.07, 6.45) is 0.600. The number of nitrogens with two attached hydrogens (primary N) is 1. The van der Waals surface area contributed by atoms with E-state index in [1.54, 1.807) is 31.2 Å². The van der Waals surface area contributed by atoms with Crippen LogP contribution in [0.3, 0.4) is 0 Å². The number of urea groups is 1. The molecule has 1 aromatic rings. The first-order valence-electron chi connectivity index (χ1n) is 6.87. The van der Waals surface area contributed by atoms with Gasteiger partial charge in [0.05, 0.1) is 17.5 Å². The van der Waals surface area contributed by atoms with Crippen molar-refractivity contribution >= 4 is 16.1 Å². The van der Waals surface area contributed by atoms with Gasteiger partial charge in [-0.3, -0.25) is 0 Å². The van der Waals surface area contributed by atoms with E-state index in [4.69, 9.17) is 9.88 Å². The van der Waals surface area contributed by atoms with Gasteiger partial charge < -0.3 is 15.0 Å². The molecule has 0 spiro atoms. The molecule has 1 aromatic carbocycles. The van der Waals surface area contributed by atoms with Gasteiger partial charge in [-0.05, 0) is 31.0 Å². The van der Waals surface area contributed by atoms with Crippen molar-refractivity contribution in [3.8, 4) is 0 Å². The highest BCUT2D eigenvalue weighted by Gasteiger charge is 2.14. The number of amides is 2. The third-order valence-electron chi connectivity index (χ3n) is 3.33. The van der Waals surface area contributed by atoms with Crippen LogP contribution in [0.2, 0.25) is 0 Å². The SMILES string of the molecule is COC[C@@H](C)N(C)C(=O)NCCc1ccc(S(N)(=O)=O)cc1. The molecule has 2 amide bonds. The first kappa shape index (κ1) is 18.4. The Hall–Kier alpha value is -1.64. The van der Waals surface area contributed by atoms with Crippen LogP contribution >= 0.6 is 0 Å². The molecule has 0 saturated carbocycles. The van der Waals surface area contributed by atoms with Crippen molar-refractivity contribution in [3.05, 3.63) is 29.8 Å². The number of hydrogen-bond acceptors (Lipinski definition) is 4. The van der Waals surface area contributed by atoms with Gasteiger partial charge in [-0.1, -0.05) is 12.1 Å². The highest BCUT2D eigenvalue weighted by molar-refractivity contribution is 7.89. The summed E-state index contributed by atoms with van der Waals surface area (Å²) in [6.45, 7) is 2.83. The van der Waals surface area contributed by atoms with Crippen LogP contribution in [-0.2, 0) is 21.2 Å². The van der Waals surface area contributed by atoms with Gasteiger partial charge in [0.2, 0.25) is 10.0 Å². The largest absolute Gasteiger partial charge is 0.383 e. The predicted octanol–water partition coefficient (Wildman–Crippen LogP) is 0.553. The summed E-state index contributed by atoms with van der Waals surface area (Å²) in [6, 6.07) is 6.09. The Morgan fingerprint density at radius 2 is 1.95 bits per heavy atom. The van der Waals surface area contributed by atoms with Crippen LogP contribution in [0, 0.1) is 0 Å². The van der Waals surface area contributed by atoms with Crippen molar-refractivity contribution in [3.63, 3.8) is 0 Å². The van der Waals surface area contributed by atoms with Gasteiger partial charge in [0, 0.05) is 20.7 Å². The topological polar surface area (TPSA) is 102 Å². The molecule has 0 fully saturated rings. The van der Waals surface area contributed by atoms with E-state index in [9.17, 15) is 13.2 Å². The molecule has 124 valence electrons. The van der Waals surface area contributed by atoms with Gasteiger partial charge in [0.15, 0.2) is 0 Å². The predicted molar refractivity (Wildman–Crippen MR) is 84.0 cm³/mol. The highest BCUT2D eigenvalue weighted by atomic mass is 32.2. The number of nitrogens with one attached hydrogen (secondary N) is 1. The summed E-state index contributed by atoms with van der Waals surface area (Å²) in [5, 5.41) is 7.84. The van der Waals surface area contributed by atoms with Gasteiger partial charge >= 0.3 is 6.03 Å². The zero-order valence-electron chi connectivity index (χ0n) is 13.1. The summed E-state index contributed by atoms with van der Waals surface area (Å²) >= 11 is 0. The maximum atomic E-state index is 11.9. The van der Waals surface area contributed by atoms with Gasteiger partial charge in [0.1, 0.15) is 0 Å². The summed E-state index contributed by atoms with van der Waals surface area (Å²) in [5.74, 6) is 0. The van der Waals surface area contributed by atoms with Crippen molar-refractivity contribution < 1.29 is 17.9 Å². The van der Waals surface area contributed by atoms with Crippen LogP contribution in [0.15, 0.2) is 29.2 Å². The number of carbonyl (C=O) groups is 1. The monoisotopic (exact) mass is 329 g/mol. The van der Waals surface area contributed by atoms with Gasteiger partial charge in [-0.25, -0.2) is 18.4 Å². The Morgan fingerprint density at radius 1 is 1.36 bits per heavy atom. The second kappa shape index (κ2) is 8.11. The minimum atomic E-state index is -3.67. The molecule has 3 N–H and O–H groups in total. The lowest BCUT2D eigenvalue weighted by atomic mass is 10.1. The van der Waals surface area contributed by atoms with Crippen LogP contribution in [0.25, 0.3) is 0 Å². The number of primary sulfonamides is 1. The van der Waals surface area contributed by atoms with E-state index >= 15 is 0 Å². The lowest BCUT2D eigenvalue weighted by molar-refractivity contribution is 0.123. The molecule has 0 aliphatic rings. The molecule has 0 saturated heterocycles. The van der Waals surface area contributed by atoms with Crippen LogP contribution in [-0.4, -0.2) is 52.7 Å². The summed E-state index contributed by atoms with van der Waals surface area (Å²) in [4.78, 5) is 13.6. The number of nitrogens with zero attached hydrogens (tertiary/aromatic N) is 1. The lowest BCUT2D eigenvalue weighted by Crippen LogP contribution is -2.44. The number of methoxy groups -OCH3 is 1. The molecule has 7 nitrogen and oxygen atoms in total. The minimum absolute atomic E-state index is 0.0148. The quantitative estimate of drug-likeness (QED) is 0.763. The number of carbonyl (C=O) groups excluding carboxylic acids is 1. The molecule has 1 atom stereocenters. The van der Waals surface area contributed by atoms with E-state index in [0.717, 1.165) is 5.56 Å². The van der Waals surface area contributed by atoms with E-state index in [1.807, 2.05) is 6.92 Å². The molecule has 0 aliphatic heterocycles. The van der Waals surface area contributed by atoms with E-state index < -0.39 is 10.0 Å². The molecule has 0 aromatic heterocycles. The molecule has 0 radical (unpaired) electrons. The van der Waals surface area contributed by atoms with E-state index in [-0.39, 0.29) is 17.0 Å². The normalized spacial score (nSPS) is 12.7. The highest BCUT2D eigenvalue weighted by Crippen LogP contribution is 2.09. The maximum Gasteiger partial charge on any atom is 0.317 e. The summed E-state index contributed by atoms with van der Waals surface area (Å²) in [5.41, 5.74) is 0.917. The van der Waals surface area contributed by atoms with Crippen molar-refractivity contribution in [2.75, 3.05) is 27.3 Å². The average molecular weight is 329 g/mol. The fourth-order valence-electron chi connectivity index (χ4n) is 1.84. The summed E-state index contributed by atoms with van der Waals surface area (Å²) in [7, 11) is -0.369. The lowest BCUT2D eigenvalue weighted by Gasteiger charge is -2.24. The van der Waals surface area contributed by atoms with Gasteiger partial charge in [-0.2, -0.15) is 0 Å². The Labute approximate surface area is 131 Å². The maximum absolute atomic E-state index is 11.9. The second-order valence-electron chi connectivity index (χ2n) is 5.09. The van der Waals surface area contributed by atoms with Crippen molar-refractivity contribution in [1.82, 2.24) is 10.2 Å². The summed E-state index contributed by atoms with van der Waals surface area (Å²) < 4.78 is 27.3. The van der Waals surface area contributed by atoms with Gasteiger partial charge in [0.25, 0.3) is 0 Å². The first-order chi connectivity index (χ1) is 10.3. The Balaban J connectivity index is 2.46. The molecular formula is C14H23N3O4S. The molecule has 1 rings (SSSR count). The van der Waals surface area contributed by atoms with Crippen molar-refractivity contribution in [1.29, 1.82) is 0 Å². The Morgan fingerprint density at radius 3 is 2.45 bits per heavy atom. The molecule has 0 bridgehead atoms. The van der Waals surface area contributed by atoms with E-state index in [2.05, 4.69) is 5.32 Å². The smallest absolute Gasteiger partial charge is 0.317 e. The number of ether oxygens (including phenoxy) is 1. The standard InChI is InChI=1S/C14H23N3O4S/c1-11(10-21-3)17(2)14(18)16-9-8-12-4-6-13(7-5-12)22(15,19)20/h4-7,11H,8-10H2,1-3H3,(H,16,18)(H2,15,19,20)/t11-/m1/s1. The molecular weight excluding hydrogens is 306 g/mol. The van der Waals surface area contributed by atoms with Gasteiger partial charge in [-0.15, -0.1) is 0 Å². The number of sulfonamides is 1. The number of rotatable bonds is 7. The van der Waals surface area contributed by atoms with Crippen LogP contribution < -0.4 is 10.5 Å². The first-order valence-corrected chi connectivity index (χ1v) is 8.41. The molecule has 8 heteroatoms. The molecule has 0 unspecified atom stereocenters. The fraction of sp³-hybridized carbons (Fsp3) is 0.500. The Bertz CT molecular complexity index is 587. The van der Waals surface area contributed by atoms with Crippen molar-refractivity contribution in [2.45, 2.75) is 24.3 Å². The van der Waals surface area contributed by atoms with Crippen LogP contribution in [0.5, 0.6) is 0 Å². The molecule has 0 aliphatic carbocycles. The molecule has 22 heavy (non-hydrogen) atoms. The minimum Gasteiger partial charge on any atom is -0.383 e. The van der Waals surface area contributed by atoms with Crippen molar-refractivity contribution in [2.24, 2.45) is 5.14 Å². The average Bonchev–Trinajstić information content (AvgIpc) is 2.46. The number of hydrogen-bond donors (Lipinski definition) is 2. The van der Waals surface area contributed by atoms with E-state index in [1.165, 1.54) is 12.1 Å². The van der Waals surface area contributed by atoms with Crippen LogP contribution in [0.1, 0.15) is 12.5 Å². The second-order valence-corrected chi connectivity index (χ2v) is 6.65. The third-order valence-corrected chi connectivity index (χ3v) is 4.26. The third kappa shape index (κ3) is 5.63.